The van der Waals surface area contributed by atoms with Gasteiger partial charge in [-0.15, -0.1) is 24.0 Å². The molecule has 3 N–H and O–H groups in total. The van der Waals surface area contributed by atoms with E-state index in [1.54, 1.807) is 7.05 Å². The van der Waals surface area contributed by atoms with Gasteiger partial charge in [0.05, 0.1) is 24.2 Å². The summed E-state index contributed by atoms with van der Waals surface area (Å²) in [5, 5.41) is 6.70. The molecule has 0 radical (unpaired) electrons. The van der Waals surface area contributed by atoms with Gasteiger partial charge in [0.15, 0.2) is 5.96 Å². The lowest BCUT2D eigenvalue weighted by Crippen LogP contribution is -2.40. The Kier molecular flexibility index (Phi) is 9.93. The van der Waals surface area contributed by atoms with Gasteiger partial charge in [-0.1, -0.05) is 49.4 Å². The third kappa shape index (κ3) is 7.66. The Morgan fingerprint density at radius 2 is 1.86 bits per heavy atom. The summed E-state index contributed by atoms with van der Waals surface area (Å²) in [5.74, 6) is 2.16. The molecule has 0 saturated carbocycles. The van der Waals surface area contributed by atoms with Crippen LogP contribution >= 0.6 is 24.0 Å². The van der Waals surface area contributed by atoms with Gasteiger partial charge in [-0.3, -0.25) is 4.99 Å². The summed E-state index contributed by atoms with van der Waals surface area (Å²) >= 11 is 0. The topological polar surface area (TPSA) is 74.3 Å². The smallest absolute Gasteiger partial charge is 0.191 e. The van der Waals surface area contributed by atoms with Crippen molar-refractivity contribution in [2.24, 2.45) is 10.9 Å². The molecule has 0 aliphatic carbocycles. The maximum atomic E-state index is 5.80. The Bertz CT molecular complexity index is 848. The molecule has 0 amide bonds. The van der Waals surface area contributed by atoms with Crippen LogP contribution in [-0.4, -0.2) is 42.7 Å². The highest BCUT2D eigenvalue weighted by Crippen LogP contribution is 2.10. The molecule has 1 atom stereocenters. The average Bonchev–Trinajstić information content (AvgIpc) is 3.14. The molecule has 0 spiro atoms. The van der Waals surface area contributed by atoms with Crippen LogP contribution in [0.1, 0.15) is 18.3 Å². The lowest BCUT2D eigenvalue weighted by Gasteiger charge is -2.16. The number of nitrogens with zero attached hydrogens (tertiary/aromatic N) is 2. The zero-order chi connectivity index (χ0) is 19.6. The van der Waals surface area contributed by atoms with Gasteiger partial charge in [0.25, 0.3) is 0 Å². The lowest BCUT2D eigenvalue weighted by atomic mass is 10.2. The summed E-state index contributed by atoms with van der Waals surface area (Å²) < 4.78 is 5.80. The molecule has 3 aromatic rings. The van der Waals surface area contributed by atoms with Crippen molar-refractivity contribution in [2.75, 3.05) is 26.7 Å². The van der Waals surface area contributed by atoms with E-state index in [1.807, 2.05) is 42.5 Å². The third-order valence-electron chi connectivity index (χ3n) is 4.45. The maximum Gasteiger partial charge on any atom is 0.191 e. The van der Waals surface area contributed by atoms with E-state index in [-0.39, 0.29) is 24.0 Å². The van der Waals surface area contributed by atoms with Crippen LogP contribution in [0.15, 0.2) is 59.6 Å². The predicted molar refractivity (Wildman–Crippen MR) is 130 cm³/mol. The van der Waals surface area contributed by atoms with Crippen molar-refractivity contribution >= 4 is 41.0 Å². The highest BCUT2D eigenvalue weighted by molar-refractivity contribution is 14.0. The minimum atomic E-state index is 0. The first-order valence-corrected chi connectivity index (χ1v) is 9.74. The van der Waals surface area contributed by atoms with E-state index in [9.17, 15) is 0 Å². The average molecular weight is 507 g/mol. The number of aromatic amines is 1. The van der Waals surface area contributed by atoms with Crippen molar-refractivity contribution in [3.8, 4) is 0 Å². The molecule has 0 fully saturated rings. The summed E-state index contributed by atoms with van der Waals surface area (Å²) in [6.45, 7) is 5.09. The van der Waals surface area contributed by atoms with Crippen LogP contribution in [0, 0.1) is 5.92 Å². The van der Waals surface area contributed by atoms with Crippen molar-refractivity contribution in [1.29, 1.82) is 0 Å². The highest BCUT2D eigenvalue weighted by atomic mass is 127. The minimum absolute atomic E-state index is 0. The number of halogens is 1. The summed E-state index contributed by atoms with van der Waals surface area (Å²) in [6, 6.07) is 18.3. The molecule has 0 bridgehead atoms. The van der Waals surface area contributed by atoms with Gasteiger partial charge in [-0.05, 0) is 23.6 Å². The van der Waals surface area contributed by atoms with Crippen LogP contribution in [0.2, 0.25) is 0 Å². The SMILES string of the molecule is CN=C(NCCc1nc2ccccc2[nH]1)NCC(C)COCc1ccccc1.I. The number of imidazole rings is 1. The molecule has 0 aliphatic heterocycles. The predicted octanol–water partition coefficient (Wildman–Crippen LogP) is 3.74. The van der Waals surface area contributed by atoms with Gasteiger partial charge in [-0.2, -0.15) is 0 Å². The van der Waals surface area contributed by atoms with E-state index in [4.69, 9.17) is 4.74 Å². The first-order chi connectivity index (χ1) is 13.7. The Morgan fingerprint density at radius 3 is 2.62 bits per heavy atom. The number of guanidine groups is 1. The number of aliphatic imine (C=N–C) groups is 1. The molecule has 6 nitrogen and oxygen atoms in total. The molecule has 1 unspecified atom stereocenters. The van der Waals surface area contributed by atoms with E-state index in [0.717, 1.165) is 42.3 Å². The van der Waals surface area contributed by atoms with Gasteiger partial charge < -0.3 is 20.4 Å². The van der Waals surface area contributed by atoms with Crippen molar-refractivity contribution in [2.45, 2.75) is 20.0 Å². The molecule has 1 heterocycles. The van der Waals surface area contributed by atoms with Crippen LogP contribution in [0.25, 0.3) is 11.0 Å². The number of fused-ring (bicyclic) bond motifs is 1. The van der Waals surface area contributed by atoms with Gasteiger partial charge in [-0.25, -0.2) is 4.98 Å². The maximum absolute atomic E-state index is 5.80. The van der Waals surface area contributed by atoms with Gasteiger partial charge >= 0.3 is 0 Å². The number of ether oxygens (including phenoxy) is 1. The van der Waals surface area contributed by atoms with Crippen LogP contribution in [0.5, 0.6) is 0 Å². The zero-order valence-corrected chi connectivity index (χ0v) is 19.4. The summed E-state index contributed by atoms with van der Waals surface area (Å²) in [7, 11) is 1.78. The Morgan fingerprint density at radius 1 is 1.10 bits per heavy atom. The van der Waals surface area contributed by atoms with Crippen LogP contribution < -0.4 is 10.6 Å². The Labute approximate surface area is 189 Å². The number of hydrogen-bond acceptors (Lipinski definition) is 3. The van der Waals surface area contributed by atoms with Crippen molar-refractivity contribution in [1.82, 2.24) is 20.6 Å². The Hall–Kier alpha value is -2.13. The summed E-state index contributed by atoms with van der Waals surface area (Å²) in [4.78, 5) is 12.2. The number of rotatable bonds is 9. The normalized spacial score (nSPS) is 12.4. The second-order valence-corrected chi connectivity index (χ2v) is 6.94. The minimum Gasteiger partial charge on any atom is -0.376 e. The molecule has 7 heteroatoms. The molecular weight excluding hydrogens is 477 g/mol. The molecule has 1 aromatic heterocycles. The number of aromatic nitrogens is 2. The second-order valence-electron chi connectivity index (χ2n) is 6.94. The summed E-state index contributed by atoms with van der Waals surface area (Å²) in [6.07, 6.45) is 0.811. The van der Waals surface area contributed by atoms with Gasteiger partial charge in [0, 0.05) is 26.6 Å². The first-order valence-electron chi connectivity index (χ1n) is 9.74. The molecule has 3 rings (SSSR count). The van der Waals surface area contributed by atoms with Gasteiger partial charge in [0.1, 0.15) is 5.82 Å². The first kappa shape index (κ1) is 23.2. The monoisotopic (exact) mass is 507 g/mol. The van der Waals surface area contributed by atoms with E-state index < -0.39 is 0 Å². The van der Waals surface area contributed by atoms with Crippen LogP contribution in [-0.2, 0) is 17.8 Å². The standard InChI is InChI=1S/C22H29N5O.HI/c1-17(15-28-16-18-8-4-3-5-9-18)14-25-22(23-2)24-13-12-21-26-19-10-6-7-11-20(19)27-21;/h3-11,17H,12-16H2,1-2H3,(H,26,27)(H2,23,24,25);1H. The fourth-order valence-electron chi connectivity index (χ4n) is 2.93. The number of H-pyrrole nitrogens is 1. The number of benzene rings is 2. The van der Waals surface area contributed by atoms with E-state index in [0.29, 0.717) is 19.1 Å². The molecular formula is C22H30IN5O. The molecule has 156 valence electrons. The fraction of sp³-hybridized carbons (Fsp3) is 0.364. The Balaban J connectivity index is 0.00000300. The van der Waals surface area contributed by atoms with E-state index in [1.165, 1.54) is 5.56 Å². The van der Waals surface area contributed by atoms with E-state index in [2.05, 4.69) is 44.7 Å². The molecule has 29 heavy (non-hydrogen) atoms. The molecule has 0 aliphatic rings. The summed E-state index contributed by atoms with van der Waals surface area (Å²) in [5.41, 5.74) is 3.28. The quantitative estimate of drug-likeness (QED) is 0.235. The fourth-order valence-corrected chi connectivity index (χ4v) is 2.93. The highest BCUT2D eigenvalue weighted by Gasteiger charge is 2.06. The van der Waals surface area contributed by atoms with Crippen LogP contribution in [0.3, 0.4) is 0 Å². The number of nitrogens with one attached hydrogen (secondary N) is 3. The van der Waals surface area contributed by atoms with Crippen LogP contribution in [0.4, 0.5) is 0 Å². The third-order valence-corrected chi connectivity index (χ3v) is 4.45. The van der Waals surface area contributed by atoms with Crippen molar-refractivity contribution < 1.29 is 4.74 Å². The number of para-hydroxylation sites is 2. The number of hydrogen-bond donors (Lipinski definition) is 3. The van der Waals surface area contributed by atoms with Crippen molar-refractivity contribution in [3.05, 3.63) is 66.0 Å². The van der Waals surface area contributed by atoms with Gasteiger partial charge in [0.2, 0.25) is 0 Å². The lowest BCUT2D eigenvalue weighted by molar-refractivity contribution is 0.0931. The van der Waals surface area contributed by atoms with Crippen molar-refractivity contribution in [3.63, 3.8) is 0 Å². The second kappa shape index (κ2) is 12.4. The largest absolute Gasteiger partial charge is 0.376 e. The molecule has 0 saturated heterocycles. The van der Waals surface area contributed by atoms with E-state index >= 15 is 0 Å². The molecule has 2 aromatic carbocycles. The zero-order valence-electron chi connectivity index (χ0n) is 17.0.